The van der Waals surface area contributed by atoms with E-state index in [0.29, 0.717) is 24.0 Å². The molecule has 1 atom stereocenters. The van der Waals surface area contributed by atoms with Gasteiger partial charge < -0.3 is 15.0 Å². The maximum Gasteiger partial charge on any atom is 0.261 e. The lowest BCUT2D eigenvalue weighted by Crippen LogP contribution is -2.38. The maximum absolute atomic E-state index is 12.4. The molecule has 2 N–H and O–H groups in total. The Morgan fingerprint density at radius 3 is 2.64 bits per heavy atom. The average molecular weight is 400 g/mol. The van der Waals surface area contributed by atoms with Crippen molar-refractivity contribution >= 4 is 15.7 Å². The van der Waals surface area contributed by atoms with Crippen molar-refractivity contribution in [3.63, 3.8) is 0 Å². The molecule has 0 unspecified atom stereocenters. The summed E-state index contributed by atoms with van der Waals surface area (Å²) in [6, 6.07) is 9.88. The lowest BCUT2D eigenvalue weighted by atomic mass is 10.1. The summed E-state index contributed by atoms with van der Waals surface area (Å²) in [7, 11) is -3.28. The van der Waals surface area contributed by atoms with E-state index in [1.807, 2.05) is 24.3 Å². The molecule has 8 heteroatoms. The van der Waals surface area contributed by atoms with E-state index in [1.165, 1.54) is 25.0 Å². The molecule has 1 fully saturated rings. The number of rotatable bonds is 6. The summed E-state index contributed by atoms with van der Waals surface area (Å²) < 4.78 is 28.8. The minimum Gasteiger partial charge on any atom is -0.493 e. The van der Waals surface area contributed by atoms with Gasteiger partial charge in [0.05, 0.1) is 24.1 Å². The largest absolute Gasteiger partial charge is 0.493 e. The topological polar surface area (TPSA) is 105 Å². The first-order valence-electron chi connectivity index (χ1n) is 9.09. The van der Waals surface area contributed by atoms with Crippen molar-refractivity contribution in [1.29, 1.82) is 0 Å². The molecule has 0 saturated heterocycles. The van der Waals surface area contributed by atoms with E-state index in [-0.39, 0.29) is 11.3 Å². The van der Waals surface area contributed by atoms with Crippen LogP contribution in [0.15, 0.2) is 52.7 Å². The number of aromatic amines is 1. The van der Waals surface area contributed by atoms with Crippen LogP contribution in [0.1, 0.15) is 23.2 Å². The fraction of sp³-hybridized carbons (Fsp3) is 0.300. The zero-order valence-electron chi connectivity index (χ0n) is 15.1. The minimum absolute atomic E-state index is 0.0715. The summed E-state index contributed by atoms with van der Waals surface area (Å²) in [6.07, 6.45) is 3.77. The summed E-state index contributed by atoms with van der Waals surface area (Å²) in [6.45, 7) is 0.652. The normalized spacial score (nSPS) is 20.1. The van der Waals surface area contributed by atoms with Gasteiger partial charge in [-0.15, -0.1) is 0 Å². The van der Waals surface area contributed by atoms with Gasteiger partial charge in [0.15, 0.2) is 9.84 Å². The van der Waals surface area contributed by atoms with E-state index in [4.69, 9.17) is 4.74 Å². The highest BCUT2D eigenvalue weighted by atomic mass is 32.2. The molecular weight excluding hydrogens is 380 g/mol. The first kappa shape index (κ1) is 18.5. The number of carbonyl (C=O) groups excluding carboxylic acids is 1. The van der Waals surface area contributed by atoms with Crippen LogP contribution < -0.4 is 15.6 Å². The van der Waals surface area contributed by atoms with Crippen LogP contribution >= 0.6 is 0 Å². The van der Waals surface area contributed by atoms with Crippen molar-refractivity contribution in [3.8, 4) is 17.0 Å². The van der Waals surface area contributed by atoms with Crippen LogP contribution in [-0.2, 0) is 9.84 Å². The number of pyridine rings is 1. The number of benzene rings is 1. The second kappa shape index (κ2) is 7.27. The zero-order chi connectivity index (χ0) is 19.7. The van der Waals surface area contributed by atoms with Gasteiger partial charge in [0.1, 0.15) is 11.3 Å². The number of nitrogens with one attached hydrogen (secondary N) is 2. The Bertz CT molecular complexity index is 1100. The molecule has 0 spiro atoms. The Morgan fingerprint density at radius 1 is 1.18 bits per heavy atom. The molecule has 1 aromatic heterocycles. The van der Waals surface area contributed by atoms with E-state index in [2.05, 4.69) is 10.3 Å². The third-order valence-corrected chi connectivity index (χ3v) is 6.14. The smallest absolute Gasteiger partial charge is 0.261 e. The number of sulfone groups is 1. The lowest BCUT2D eigenvalue weighted by Gasteiger charge is -2.12. The van der Waals surface area contributed by atoms with E-state index in [9.17, 15) is 18.0 Å². The molecule has 1 amide bonds. The van der Waals surface area contributed by atoms with Crippen LogP contribution in [0.5, 0.6) is 5.75 Å². The predicted octanol–water partition coefficient (Wildman–Crippen LogP) is 1.87. The molecule has 4 rings (SSSR count). The fourth-order valence-electron chi connectivity index (χ4n) is 3.03. The van der Waals surface area contributed by atoms with Crippen LogP contribution in [0.2, 0.25) is 0 Å². The van der Waals surface area contributed by atoms with E-state index in [0.717, 1.165) is 11.0 Å². The number of hydrogen-bond acceptors (Lipinski definition) is 5. The monoisotopic (exact) mass is 400 g/mol. The third-order valence-electron chi connectivity index (χ3n) is 4.75. The Labute approximate surface area is 162 Å². The molecule has 1 aliphatic carbocycles. The standard InChI is InChI=1S/C20H20N2O5S/c23-19(21-14-9-10-28(25,26)12-14)16-7-8-17(22-20(16)24)15-3-1-2-4-18(15)27-11-13-5-6-13/h1-4,7-10,13-14H,5-6,11-12H2,(H,21,23)(H,22,24)/t14-/m1/s1. The molecule has 2 aliphatic rings. The molecule has 1 saturated carbocycles. The molecule has 1 aromatic carbocycles. The molecule has 146 valence electrons. The number of amides is 1. The summed E-state index contributed by atoms with van der Waals surface area (Å²) >= 11 is 0. The number of H-pyrrole nitrogens is 1. The first-order chi connectivity index (χ1) is 13.4. The van der Waals surface area contributed by atoms with Crippen molar-refractivity contribution in [3.05, 3.63) is 63.8 Å². The highest BCUT2D eigenvalue weighted by Crippen LogP contribution is 2.32. The van der Waals surface area contributed by atoms with Gasteiger partial charge in [0.2, 0.25) is 0 Å². The van der Waals surface area contributed by atoms with Gasteiger partial charge in [-0.25, -0.2) is 8.42 Å². The Kier molecular flexibility index (Phi) is 4.80. The molecule has 28 heavy (non-hydrogen) atoms. The number of carbonyl (C=O) groups is 1. The first-order valence-corrected chi connectivity index (χ1v) is 10.8. The molecule has 2 aromatic rings. The second-order valence-electron chi connectivity index (χ2n) is 7.10. The van der Waals surface area contributed by atoms with Crippen molar-refractivity contribution in [2.75, 3.05) is 12.4 Å². The number of hydrogen-bond donors (Lipinski definition) is 2. The lowest BCUT2D eigenvalue weighted by molar-refractivity contribution is 0.0946. The highest BCUT2D eigenvalue weighted by Gasteiger charge is 2.25. The van der Waals surface area contributed by atoms with Crippen LogP contribution in [0.3, 0.4) is 0 Å². The van der Waals surface area contributed by atoms with Gasteiger partial charge in [-0.3, -0.25) is 9.59 Å². The molecule has 2 heterocycles. The minimum atomic E-state index is -3.28. The third kappa shape index (κ3) is 4.17. The van der Waals surface area contributed by atoms with Crippen LogP contribution in [0.25, 0.3) is 11.3 Å². The number of para-hydroxylation sites is 1. The molecule has 0 radical (unpaired) electrons. The van der Waals surface area contributed by atoms with Gasteiger partial charge in [0.25, 0.3) is 11.5 Å². The molecule has 7 nitrogen and oxygen atoms in total. The van der Waals surface area contributed by atoms with Crippen molar-refractivity contribution in [2.24, 2.45) is 5.92 Å². The Morgan fingerprint density at radius 2 is 1.96 bits per heavy atom. The van der Waals surface area contributed by atoms with Gasteiger partial charge in [-0.1, -0.05) is 12.1 Å². The average Bonchev–Trinajstić information content (AvgIpc) is 3.43. The molecule has 0 bridgehead atoms. The van der Waals surface area contributed by atoms with Crippen molar-refractivity contribution < 1.29 is 17.9 Å². The summed E-state index contributed by atoms with van der Waals surface area (Å²) in [5, 5.41) is 3.63. The summed E-state index contributed by atoms with van der Waals surface area (Å²) in [5.74, 6) is 0.480. The van der Waals surface area contributed by atoms with Crippen molar-refractivity contribution in [1.82, 2.24) is 10.3 Å². The van der Waals surface area contributed by atoms with Gasteiger partial charge in [-0.05, 0) is 49.1 Å². The Balaban J connectivity index is 1.53. The number of aromatic nitrogens is 1. The SMILES string of the molecule is O=C(N[C@@H]1C=CS(=O)(=O)C1)c1ccc(-c2ccccc2OCC2CC2)[nH]c1=O. The fourth-order valence-corrected chi connectivity index (χ4v) is 4.26. The molecular formula is C20H20N2O5S. The van der Waals surface area contributed by atoms with Gasteiger partial charge >= 0.3 is 0 Å². The zero-order valence-corrected chi connectivity index (χ0v) is 15.9. The van der Waals surface area contributed by atoms with E-state index in [1.54, 1.807) is 6.07 Å². The maximum atomic E-state index is 12.4. The number of ether oxygens (including phenoxy) is 1. The van der Waals surface area contributed by atoms with E-state index < -0.39 is 27.3 Å². The predicted molar refractivity (Wildman–Crippen MR) is 105 cm³/mol. The van der Waals surface area contributed by atoms with Crippen molar-refractivity contribution in [2.45, 2.75) is 18.9 Å². The quantitative estimate of drug-likeness (QED) is 0.770. The second-order valence-corrected chi connectivity index (χ2v) is 9.03. The Hall–Kier alpha value is -2.87. The van der Waals surface area contributed by atoms with Gasteiger partial charge in [-0.2, -0.15) is 0 Å². The van der Waals surface area contributed by atoms with Crippen LogP contribution in [0.4, 0.5) is 0 Å². The van der Waals surface area contributed by atoms with E-state index >= 15 is 0 Å². The molecule has 1 aliphatic heterocycles. The highest BCUT2D eigenvalue weighted by molar-refractivity contribution is 7.94. The van der Waals surface area contributed by atoms with Crippen LogP contribution in [-0.4, -0.2) is 37.7 Å². The van der Waals surface area contributed by atoms with Gasteiger partial charge in [0, 0.05) is 11.0 Å². The summed E-state index contributed by atoms with van der Waals surface area (Å²) in [4.78, 5) is 27.5. The van der Waals surface area contributed by atoms with Crippen LogP contribution in [0, 0.1) is 5.92 Å². The summed E-state index contributed by atoms with van der Waals surface area (Å²) in [5.41, 5.74) is 0.683.